The zero-order chi connectivity index (χ0) is 13.5. The number of rotatable bonds is 1. The molecule has 1 unspecified atom stereocenters. The van der Waals surface area contributed by atoms with Crippen LogP contribution in [0.5, 0.6) is 0 Å². The third-order valence-corrected chi connectivity index (χ3v) is 4.94. The predicted molar refractivity (Wildman–Crippen MR) is 80.6 cm³/mol. The monoisotopic (exact) mass is 268 g/mol. The van der Waals surface area contributed by atoms with Crippen molar-refractivity contribution in [2.24, 2.45) is 17.6 Å². The Morgan fingerprint density at radius 1 is 1.10 bits per heavy atom. The number of anilines is 1. The third kappa shape index (κ3) is 1.95. The molecule has 1 aliphatic heterocycles. The van der Waals surface area contributed by atoms with Crippen LogP contribution in [-0.2, 0) is 0 Å². The molecule has 3 atom stereocenters. The molecule has 2 N–H and O–H groups in total. The molecule has 4 nitrogen and oxygen atoms in total. The second-order valence-electron chi connectivity index (χ2n) is 6.25. The van der Waals surface area contributed by atoms with Crippen LogP contribution in [0.4, 0.5) is 5.82 Å². The van der Waals surface area contributed by atoms with E-state index in [1.165, 1.54) is 30.0 Å². The van der Waals surface area contributed by atoms with Crippen molar-refractivity contribution in [1.82, 2.24) is 10.2 Å². The third-order valence-electron chi connectivity index (χ3n) is 4.94. The molecule has 2 fully saturated rings. The highest BCUT2D eigenvalue weighted by Gasteiger charge is 2.37. The Morgan fingerprint density at radius 3 is 2.90 bits per heavy atom. The van der Waals surface area contributed by atoms with E-state index in [2.05, 4.69) is 39.4 Å². The first kappa shape index (κ1) is 12.1. The first-order valence-corrected chi connectivity index (χ1v) is 7.52. The molecule has 104 valence electrons. The van der Waals surface area contributed by atoms with E-state index in [0.717, 1.165) is 30.7 Å². The summed E-state index contributed by atoms with van der Waals surface area (Å²) in [5.74, 6) is 2.57. The molecule has 1 aromatic heterocycles. The molecular formula is C16H20N4. The van der Waals surface area contributed by atoms with E-state index in [4.69, 9.17) is 5.73 Å². The zero-order valence-electron chi connectivity index (χ0n) is 11.6. The molecule has 1 aliphatic carbocycles. The number of nitrogens with two attached hydrogens (primary N) is 1. The highest BCUT2D eigenvalue weighted by Crippen LogP contribution is 2.38. The van der Waals surface area contributed by atoms with Crippen LogP contribution in [0.3, 0.4) is 0 Å². The molecule has 0 spiro atoms. The molecule has 4 rings (SSSR count). The highest BCUT2D eigenvalue weighted by atomic mass is 15.3. The van der Waals surface area contributed by atoms with Gasteiger partial charge in [-0.15, -0.1) is 5.10 Å². The van der Waals surface area contributed by atoms with E-state index >= 15 is 0 Å². The van der Waals surface area contributed by atoms with Crippen molar-refractivity contribution < 1.29 is 0 Å². The minimum absolute atomic E-state index is 0.398. The molecule has 1 saturated carbocycles. The number of hydrogen-bond donors (Lipinski definition) is 1. The van der Waals surface area contributed by atoms with Gasteiger partial charge in [-0.2, -0.15) is 5.10 Å². The van der Waals surface area contributed by atoms with Gasteiger partial charge in [0.25, 0.3) is 0 Å². The van der Waals surface area contributed by atoms with Crippen molar-refractivity contribution in [3.05, 3.63) is 30.5 Å². The van der Waals surface area contributed by atoms with Crippen LogP contribution in [0.25, 0.3) is 10.8 Å². The molecule has 20 heavy (non-hydrogen) atoms. The molecule has 0 radical (unpaired) electrons. The van der Waals surface area contributed by atoms with Crippen LogP contribution >= 0.6 is 0 Å². The van der Waals surface area contributed by atoms with Gasteiger partial charge in [0.15, 0.2) is 5.82 Å². The number of aromatic nitrogens is 2. The lowest BCUT2D eigenvalue weighted by molar-refractivity contribution is 0.271. The number of fused-ring (bicyclic) bond motifs is 2. The molecule has 4 heteroatoms. The molecule has 0 amide bonds. The first-order chi connectivity index (χ1) is 9.81. The fourth-order valence-electron chi connectivity index (χ4n) is 3.89. The smallest absolute Gasteiger partial charge is 0.159 e. The van der Waals surface area contributed by atoms with Gasteiger partial charge < -0.3 is 10.6 Å². The maximum atomic E-state index is 6.12. The van der Waals surface area contributed by atoms with Gasteiger partial charge in [0, 0.05) is 29.9 Å². The minimum Gasteiger partial charge on any atom is -0.354 e. The lowest BCUT2D eigenvalue weighted by Gasteiger charge is -2.27. The van der Waals surface area contributed by atoms with Crippen molar-refractivity contribution in [2.75, 3.05) is 18.0 Å². The Balaban J connectivity index is 1.67. The van der Waals surface area contributed by atoms with Gasteiger partial charge in [-0.05, 0) is 31.1 Å². The van der Waals surface area contributed by atoms with E-state index in [1.54, 1.807) is 0 Å². The Bertz CT molecular complexity index is 621. The summed E-state index contributed by atoms with van der Waals surface area (Å²) in [5, 5.41) is 11.0. The quantitative estimate of drug-likeness (QED) is 0.861. The van der Waals surface area contributed by atoms with Gasteiger partial charge in [0.2, 0.25) is 0 Å². The molecule has 2 aromatic rings. The van der Waals surface area contributed by atoms with Crippen molar-refractivity contribution in [3.63, 3.8) is 0 Å². The minimum atomic E-state index is 0.398. The van der Waals surface area contributed by atoms with Crippen molar-refractivity contribution >= 4 is 16.6 Å². The summed E-state index contributed by atoms with van der Waals surface area (Å²) in [6.45, 7) is 2.20. The summed E-state index contributed by atoms with van der Waals surface area (Å²) >= 11 is 0. The molecule has 1 aromatic carbocycles. The summed E-state index contributed by atoms with van der Waals surface area (Å²) in [5.41, 5.74) is 6.12. The zero-order valence-corrected chi connectivity index (χ0v) is 11.6. The van der Waals surface area contributed by atoms with Crippen LogP contribution in [0.2, 0.25) is 0 Å². The summed E-state index contributed by atoms with van der Waals surface area (Å²) in [6.07, 6.45) is 5.45. The van der Waals surface area contributed by atoms with Gasteiger partial charge in [-0.25, -0.2) is 0 Å². The maximum Gasteiger partial charge on any atom is 0.159 e. The molecule has 1 saturated heterocycles. The number of benzene rings is 1. The highest BCUT2D eigenvalue weighted by molar-refractivity contribution is 5.91. The summed E-state index contributed by atoms with van der Waals surface area (Å²) in [6, 6.07) is 8.78. The Morgan fingerprint density at radius 2 is 1.95 bits per heavy atom. The van der Waals surface area contributed by atoms with Gasteiger partial charge in [0.1, 0.15) is 0 Å². The molecule has 0 bridgehead atoms. The SMILES string of the molecule is NC1CC[C@@H]2CN(c3nncc4ccccc34)C[C@@H]2C1. The van der Waals surface area contributed by atoms with Crippen LogP contribution in [-0.4, -0.2) is 29.3 Å². The van der Waals surface area contributed by atoms with E-state index in [-0.39, 0.29) is 0 Å². The normalized spacial score (nSPS) is 29.6. The first-order valence-electron chi connectivity index (χ1n) is 7.52. The second kappa shape index (κ2) is 4.70. The lowest BCUT2D eigenvalue weighted by atomic mass is 9.79. The molecular weight excluding hydrogens is 248 g/mol. The molecule has 2 heterocycles. The lowest BCUT2D eigenvalue weighted by Crippen LogP contribution is -2.32. The fourth-order valence-corrected chi connectivity index (χ4v) is 3.89. The average molecular weight is 268 g/mol. The van der Waals surface area contributed by atoms with Gasteiger partial charge in [-0.3, -0.25) is 0 Å². The van der Waals surface area contributed by atoms with Crippen molar-refractivity contribution in [3.8, 4) is 0 Å². The van der Waals surface area contributed by atoms with E-state index in [1.807, 2.05) is 6.20 Å². The van der Waals surface area contributed by atoms with Crippen LogP contribution < -0.4 is 10.6 Å². The van der Waals surface area contributed by atoms with E-state index < -0.39 is 0 Å². The summed E-state index contributed by atoms with van der Waals surface area (Å²) in [4.78, 5) is 2.42. The Hall–Kier alpha value is -1.68. The number of hydrogen-bond acceptors (Lipinski definition) is 4. The predicted octanol–water partition coefficient (Wildman–Crippen LogP) is 2.19. The van der Waals surface area contributed by atoms with E-state index in [9.17, 15) is 0 Å². The van der Waals surface area contributed by atoms with Gasteiger partial charge in [-0.1, -0.05) is 24.3 Å². The summed E-state index contributed by atoms with van der Waals surface area (Å²) in [7, 11) is 0. The number of nitrogens with zero attached hydrogens (tertiary/aromatic N) is 3. The van der Waals surface area contributed by atoms with Crippen LogP contribution in [0, 0.1) is 11.8 Å². The largest absolute Gasteiger partial charge is 0.354 e. The van der Waals surface area contributed by atoms with Gasteiger partial charge in [0.05, 0.1) is 6.20 Å². The Labute approximate surface area is 119 Å². The standard InChI is InChI=1S/C16H20N4/c17-14-6-5-12-9-20(10-13(12)7-14)16-15-4-2-1-3-11(15)8-18-19-16/h1-4,8,12-14H,5-7,9-10,17H2/t12-,13+,14?/m1/s1. The van der Waals surface area contributed by atoms with Crippen LogP contribution in [0.1, 0.15) is 19.3 Å². The maximum absolute atomic E-state index is 6.12. The topological polar surface area (TPSA) is 55.0 Å². The second-order valence-corrected chi connectivity index (χ2v) is 6.25. The molecule has 2 aliphatic rings. The van der Waals surface area contributed by atoms with Gasteiger partial charge >= 0.3 is 0 Å². The van der Waals surface area contributed by atoms with Crippen molar-refractivity contribution in [2.45, 2.75) is 25.3 Å². The average Bonchev–Trinajstić information content (AvgIpc) is 2.89. The van der Waals surface area contributed by atoms with E-state index in [0.29, 0.717) is 6.04 Å². The Kier molecular flexibility index (Phi) is 2.84. The summed E-state index contributed by atoms with van der Waals surface area (Å²) < 4.78 is 0. The fraction of sp³-hybridized carbons (Fsp3) is 0.500. The van der Waals surface area contributed by atoms with Crippen LogP contribution in [0.15, 0.2) is 30.5 Å². The van der Waals surface area contributed by atoms with Crippen molar-refractivity contribution in [1.29, 1.82) is 0 Å².